The Morgan fingerprint density at radius 2 is 1.78 bits per heavy atom. The molecule has 1 aliphatic rings. The summed E-state index contributed by atoms with van der Waals surface area (Å²) in [7, 11) is 3.36. The highest BCUT2D eigenvalue weighted by Crippen LogP contribution is 2.27. The lowest BCUT2D eigenvalue weighted by atomic mass is 9.88. The Morgan fingerprint density at radius 1 is 1.00 bits per heavy atom. The first-order valence-electron chi connectivity index (χ1n) is 8.41. The molecular formula is C20H26NO2+. The number of benzene rings is 2. The van der Waals surface area contributed by atoms with Gasteiger partial charge in [0.1, 0.15) is 0 Å². The van der Waals surface area contributed by atoms with E-state index in [9.17, 15) is 0 Å². The van der Waals surface area contributed by atoms with E-state index >= 15 is 0 Å². The summed E-state index contributed by atoms with van der Waals surface area (Å²) >= 11 is 0. The van der Waals surface area contributed by atoms with Gasteiger partial charge < -0.3 is 14.8 Å². The molecule has 3 heteroatoms. The Balaban J connectivity index is 1.52. The lowest BCUT2D eigenvalue weighted by Gasteiger charge is -2.23. The van der Waals surface area contributed by atoms with Crippen molar-refractivity contribution in [1.29, 1.82) is 0 Å². The van der Waals surface area contributed by atoms with Gasteiger partial charge in [-0.3, -0.25) is 0 Å². The summed E-state index contributed by atoms with van der Waals surface area (Å²) in [5, 5.41) is 2.51. The molecule has 1 aliphatic carbocycles. The smallest absolute Gasteiger partial charge is 0.160 e. The summed E-state index contributed by atoms with van der Waals surface area (Å²) in [5.74, 6) is 1.61. The van der Waals surface area contributed by atoms with Crippen LogP contribution in [-0.4, -0.2) is 26.8 Å². The summed E-state index contributed by atoms with van der Waals surface area (Å²) in [6.45, 7) is 1.11. The zero-order valence-electron chi connectivity index (χ0n) is 14.0. The molecule has 0 bridgehead atoms. The summed E-state index contributed by atoms with van der Waals surface area (Å²) in [6.07, 6.45) is 4.75. The van der Waals surface area contributed by atoms with E-state index in [0.29, 0.717) is 6.04 Å². The van der Waals surface area contributed by atoms with Crippen LogP contribution in [0.1, 0.15) is 23.1 Å². The Morgan fingerprint density at radius 3 is 2.57 bits per heavy atom. The topological polar surface area (TPSA) is 35.1 Å². The predicted molar refractivity (Wildman–Crippen MR) is 92.3 cm³/mol. The Labute approximate surface area is 138 Å². The number of rotatable bonds is 6. The highest BCUT2D eigenvalue weighted by molar-refractivity contribution is 5.42. The van der Waals surface area contributed by atoms with Crippen LogP contribution >= 0.6 is 0 Å². The second-order valence-corrected chi connectivity index (χ2v) is 6.24. The van der Waals surface area contributed by atoms with Gasteiger partial charge in [-0.15, -0.1) is 0 Å². The van der Waals surface area contributed by atoms with Crippen molar-refractivity contribution >= 4 is 0 Å². The van der Waals surface area contributed by atoms with Gasteiger partial charge in [-0.2, -0.15) is 0 Å². The Bertz CT molecular complexity index is 654. The molecule has 2 aromatic rings. The third kappa shape index (κ3) is 3.85. The first-order chi connectivity index (χ1) is 11.3. The van der Waals surface area contributed by atoms with E-state index in [1.807, 2.05) is 6.07 Å². The molecule has 2 aromatic carbocycles. The largest absolute Gasteiger partial charge is 0.493 e. The second-order valence-electron chi connectivity index (χ2n) is 6.24. The zero-order valence-corrected chi connectivity index (χ0v) is 14.0. The molecule has 0 aliphatic heterocycles. The summed E-state index contributed by atoms with van der Waals surface area (Å²) in [6, 6.07) is 15.8. The van der Waals surface area contributed by atoms with E-state index in [4.69, 9.17) is 9.47 Å². The van der Waals surface area contributed by atoms with E-state index in [1.165, 1.54) is 36.0 Å². The van der Waals surface area contributed by atoms with Gasteiger partial charge in [0.2, 0.25) is 0 Å². The van der Waals surface area contributed by atoms with Gasteiger partial charge in [0, 0.05) is 19.3 Å². The molecule has 3 rings (SSSR count). The number of nitrogens with two attached hydrogens (primary N) is 1. The van der Waals surface area contributed by atoms with Gasteiger partial charge in [-0.1, -0.05) is 30.3 Å². The monoisotopic (exact) mass is 312 g/mol. The third-order valence-electron chi connectivity index (χ3n) is 4.77. The van der Waals surface area contributed by atoms with Crippen molar-refractivity contribution in [3.63, 3.8) is 0 Å². The molecule has 0 unspecified atom stereocenters. The molecule has 0 fully saturated rings. The lowest BCUT2D eigenvalue weighted by Crippen LogP contribution is -2.91. The summed E-state index contributed by atoms with van der Waals surface area (Å²) in [4.78, 5) is 0. The number of quaternary nitrogens is 1. The Hall–Kier alpha value is -2.00. The molecule has 23 heavy (non-hydrogen) atoms. The standard InChI is InChI=1S/C20H25NO2/c1-22-19-10-7-15(13-20(19)23-2)11-12-21-18-9-8-16-5-3-4-6-17(16)14-18/h3-7,10,13,18,21H,8-9,11-12,14H2,1-2H3/p+1/t18-/m0/s1. The van der Waals surface area contributed by atoms with Gasteiger partial charge in [0.05, 0.1) is 26.8 Å². The molecule has 0 spiro atoms. The van der Waals surface area contributed by atoms with Crippen LogP contribution < -0.4 is 14.8 Å². The van der Waals surface area contributed by atoms with Crippen molar-refractivity contribution in [2.45, 2.75) is 31.7 Å². The molecule has 1 atom stereocenters. The number of ether oxygens (including phenoxy) is 2. The SMILES string of the molecule is COc1ccc(CC[NH2+][C@H]2CCc3ccccc3C2)cc1OC. The van der Waals surface area contributed by atoms with Crippen LogP contribution in [0, 0.1) is 0 Å². The van der Waals surface area contributed by atoms with Crippen LogP contribution in [0.5, 0.6) is 11.5 Å². The molecule has 2 N–H and O–H groups in total. The predicted octanol–water partition coefficient (Wildman–Crippen LogP) is 2.37. The van der Waals surface area contributed by atoms with Crippen LogP contribution in [0.2, 0.25) is 0 Å². The average Bonchev–Trinajstić information content (AvgIpc) is 2.61. The number of hydrogen-bond acceptors (Lipinski definition) is 2. The molecule has 0 radical (unpaired) electrons. The summed E-state index contributed by atoms with van der Waals surface area (Å²) < 4.78 is 10.7. The number of aryl methyl sites for hydroxylation is 1. The number of fused-ring (bicyclic) bond motifs is 1. The van der Waals surface area contributed by atoms with E-state index < -0.39 is 0 Å². The van der Waals surface area contributed by atoms with Gasteiger partial charge >= 0.3 is 0 Å². The minimum absolute atomic E-state index is 0.713. The Kier molecular flexibility index (Phi) is 5.19. The van der Waals surface area contributed by atoms with Crippen molar-refractivity contribution < 1.29 is 14.8 Å². The van der Waals surface area contributed by atoms with Gasteiger partial charge in [0.15, 0.2) is 11.5 Å². The summed E-state index contributed by atoms with van der Waals surface area (Å²) in [5.41, 5.74) is 4.37. The van der Waals surface area contributed by atoms with Gasteiger partial charge in [-0.25, -0.2) is 0 Å². The fraction of sp³-hybridized carbons (Fsp3) is 0.400. The van der Waals surface area contributed by atoms with Gasteiger partial charge in [0.25, 0.3) is 0 Å². The minimum Gasteiger partial charge on any atom is -0.493 e. The number of methoxy groups -OCH3 is 2. The average molecular weight is 312 g/mol. The normalized spacial score (nSPS) is 16.7. The van der Waals surface area contributed by atoms with Crippen LogP contribution in [0.4, 0.5) is 0 Å². The quantitative estimate of drug-likeness (QED) is 0.889. The van der Waals surface area contributed by atoms with Crippen molar-refractivity contribution in [3.05, 3.63) is 59.2 Å². The van der Waals surface area contributed by atoms with Crippen molar-refractivity contribution in [2.24, 2.45) is 0 Å². The van der Waals surface area contributed by atoms with E-state index in [1.54, 1.807) is 14.2 Å². The first-order valence-corrected chi connectivity index (χ1v) is 8.41. The van der Waals surface area contributed by atoms with Crippen molar-refractivity contribution in [3.8, 4) is 11.5 Å². The second kappa shape index (κ2) is 7.51. The molecule has 0 heterocycles. The molecule has 122 valence electrons. The maximum absolute atomic E-state index is 5.38. The first kappa shape index (κ1) is 15.9. The molecule has 0 amide bonds. The van der Waals surface area contributed by atoms with E-state index in [2.05, 4.69) is 41.7 Å². The van der Waals surface area contributed by atoms with Gasteiger partial charge in [-0.05, 0) is 35.2 Å². The molecule has 3 nitrogen and oxygen atoms in total. The maximum Gasteiger partial charge on any atom is 0.160 e. The third-order valence-corrected chi connectivity index (χ3v) is 4.77. The van der Waals surface area contributed by atoms with Crippen LogP contribution in [0.25, 0.3) is 0 Å². The van der Waals surface area contributed by atoms with Crippen LogP contribution in [-0.2, 0) is 19.3 Å². The molecular weight excluding hydrogens is 286 g/mol. The van der Waals surface area contributed by atoms with Crippen molar-refractivity contribution in [1.82, 2.24) is 0 Å². The zero-order chi connectivity index (χ0) is 16.1. The number of hydrogen-bond donors (Lipinski definition) is 1. The fourth-order valence-electron chi connectivity index (χ4n) is 3.45. The lowest BCUT2D eigenvalue weighted by molar-refractivity contribution is -0.689. The maximum atomic E-state index is 5.38. The molecule has 0 saturated carbocycles. The van der Waals surface area contributed by atoms with E-state index in [-0.39, 0.29) is 0 Å². The van der Waals surface area contributed by atoms with Crippen LogP contribution in [0.15, 0.2) is 42.5 Å². The van der Waals surface area contributed by atoms with Crippen molar-refractivity contribution in [2.75, 3.05) is 20.8 Å². The molecule has 0 saturated heterocycles. The van der Waals surface area contributed by atoms with E-state index in [0.717, 1.165) is 24.5 Å². The molecule has 0 aromatic heterocycles. The highest BCUT2D eigenvalue weighted by Gasteiger charge is 2.20. The highest BCUT2D eigenvalue weighted by atomic mass is 16.5. The minimum atomic E-state index is 0.713. The fourth-order valence-corrected chi connectivity index (χ4v) is 3.45. The van der Waals surface area contributed by atoms with Crippen LogP contribution in [0.3, 0.4) is 0 Å².